The standard InChI is InChI=1S/C17H28N4O2/c1-4-14(21-7-5-6-16(21)22)17(23)20-10-8-19(9-11-20)15(12-18)13(2)3/h13-15H,4-11H2,1-3H3/t14-,15-/m1/s1. The quantitative estimate of drug-likeness (QED) is 0.760. The number of hydrogen-bond donors (Lipinski definition) is 0. The highest BCUT2D eigenvalue weighted by molar-refractivity contribution is 5.88. The Bertz CT molecular complexity index is 477. The molecule has 23 heavy (non-hydrogen) atoms. The van der Waals surface area contributed by atoms with Crippen molar-refractivity contribution >= 4 is 11.8 Å². The van der Waals surface area contributed by atoms with Gasteiger partial charge in [-0.05, 0) is 18.8 Å². The summed E-state index contributed by atoms with van der Waals surface area (Å²) in [5.74, 6) is 0.460. The summed E-state index contributed by atoms with van der Waals surface area (Å²) in [7, 11) is 0. The second-order valence-electron chi connectivity index (χ2n) is 6.79. The molecule has 6 nitrogen and oxygen atoms in total. The van der Waals surface area contributed by atoms with E-state index in [2.05, 4.69) is 24.8 Å². The van der Waals surface area contributed by atoms with Crippen LogP contribution in [-0.4, -0.2) is 71.3 Å². The largest absolute Gasteiger partial charge is 0.338 e. The van der Waals surface area contributed by atoms with Crippen molar-refractivity contribution in [3.63, 3.8) is 0 Å². The van der Waals surface area contributed by atoms with Crippen molar-refractivity contribution in [2.75, 3.05) is 32.7 Å². The molecule has 0 bridgehead atoms. The lowest BCUT2D eigenvalue weighted by Gasteiger charge is -2.40. The van der Waals surface area contributed by atoms with E-state index in [0.29, 0.717) is 32.5 Å². The van der Waals surface area contributed by atoms with Crippen molar-refractivity contribution in [3.8, 4) is 6.07 Å². The van der Waals surface area contributed by atoms with Crippen LogP contribution in [0.25, 0.3) is 0 Å². The smallest absolute Gasteiger partial charge is 0.245 e. The van der Waals surface area contributed by atoms with Crippen LogP contribution >= 0.6 is 0 Å². The molecule has 2 amide bonds. The first-order chi connectivity index (χ1) is 11.0. The minimum Gasteiger partial charge on any atom is -0.338 e. The van der Waals surface area contributed by atoms with Crippen LogP contribution in [0.3, 0.4) is 0 Å². The van der Waals surface area contributed by atoms with E-state index in [1.54, 1.807) is 4.90 Å². The van der Waals surface area contributed by atoms with Gasteiger partial charge in [0.2, 0.25) is 11.8 Å². The van der Waals surface area contributed by atoms with Gasteiger partial charge in [0, 0.05) is 39.1 Å². The zero-order valence-corrected chi connectivity index (χ0v) is 14.5. The summed E-state index contributed by atoms with van der Waals surface area (Å²) in [4.78, 5) is 30.5. The second-order valence-corrected chi connectivity index (χ2v) is 6.79. The Hall–Kier alpha value is -1.61. The lowest BCUT2D eigenvalue weighted by atomic mass is 10.0. The summed E-state index contributed by atoms with van der Waals surface area (Å²) in [6.45, 7) is 9.51. The molecule has 2 saturated heterocycles. The molecule has 128 valence electrons. The van der Waals surface area contributed by atoms with Crippen LogP contribution in [0.2, 0.25) is 0 Å². The molecule has 0 aromatic carbocycles. The maximum Gasteiger partial charge on any atom is 0.245 e. The highest BCUT2D eigenvalue weighted by Crippen LogP contribution is 2.19. The first-order valence-corrected chi connectivity index (χ1v) is 8.71. The van der Waals surface area contributed by atoms with E-state index in [1.165, 1.54) is 0 Å². The highest BCUT2D eigenvalue weighted by Gasteiger charge is 2.36. The average Bonchev–Trinajstić information content (AvgIpc) is 2.95. The highest BCUT2D eigenvalue weighted by atomic mass is 16.2. The van der Waals surface area contributed by atoms with Crippen LogP contribution in [0.5, 0.6) is 0 Å². The molecule has 2 atom stereocenters. The summed E-state index contributed by atoms with van der Waals surface area (Å²) in [6.07, 6.45) is 2.09. The zero-order valence-electron chi connectivity index (χ0n) is 14.5. The van der Waals surface area contributed by atoms with E-state index in [-0.39, 0.29) is 29.8 Å². The van der Waals surface area contributed by atoms with Crippen molar-refractivity contribution in [2.45, 2.75) is 52.1 Å². The second kappa shape index (κ2) is 7.78. The first-order valence-electron chi connectivity index (χ1n) is 8.71. The molecule has 2 aliphatic heterocycles. The van der Waals surface area contributed by atoms with Gasteiger partial charge in [-0.25, -0.2) is 0 Å². The van der Waals surface area contributed by atoms with Crippen LogP contribution < -0.4 is 0 Å². The Morgan fingerprint density at radius 1 is 1.22 bits per heavy atom. The van der Waals surface area contributed by atoms with E-state index >= 15 is 0 Å². The number of rotatable bonds is 5. The molecule has 2 heterocycles. The number of likely N-dealkylation sites (tertiary alicyclic amines) is 1. The lowest BCUT2D eigenvalue weighted by molar-refractivity contribution is -0.145. The Labute approximate surface area is 139 Å². The van der Waals surface area contributed by atoms with Crippen LogP contribution in [0, 0.1) is 17.2 Å². The van der Waals surface area contributed by atoms with Gasteiger partial charge in [0.1, 0.15) is 12.1 Å². The molecule has 0 spiro atoms. The van der Waals surface area contributed by atoms with E-state index in [1.807, 2.05) is 11.8 Å². The number of carbonyl (C=O) groups is 2. The number of nitriles is 1. The van der Waals surface area contributed by atoms with Gasteiger partial charge in [0.25, 0.3) is 0 Å². The fourth-order valence-corrected chi connectivity index (χ4v) is 3.61. The number of hydrogen-bond acceptors (Lipinski definition) is 4. The third-order valence-corrected chi connectivity index (χ3v) is 4.94. The molecule has 6 heteroatoms. The van der Waals surface area contributed by atoms with Gasteiger partial charge in [-0.3, -0.25) is 14.5 Å². The van der Waals surface area contributed by atoms with Crippen molar-refractivity contribution in [3.05, 3.63) is 0 Å². The fraction of sp³-hybridized carbons (Fsp3) is 0.824. The maximum atomic E-state index is 12.8. The normalized spacial score (nSPS) is 22.3. The SMILES string of the molecule is CC[C@H](C(=O)N1CCN([C@H](C#N)C(C)C)CC1)N1CCCC1=O. The number of amides is 2. The Kier molecular flexibility index (Phi) is 6.00. The summed E-state index contributed by atoms with van der Waals surface area (Å²) in [5.41, 5.74) is 0. The molecular formula is C17H28N4O2. The van der Waals surface area contributed by atoms with Gasteiger partial charge in [0.15, 0.2) is 0 Å². The molecule has 0 aromatic rings. The predicted octanol–water partition coefficient (Wildman–Crippen LogP) is 1.08. The van der Waals surface area contributed by atoms with E-state index < -0.39 is 0 Å². The van der Waals surface area contributed by atoms with Gasteiger partial charge in [0.05, 0.1) is 6.07 Å². The molecule has 2 fully saturated rings. The van der Waals surface area contributed by atoms with Gasteiger partial charge in [-0.2, -0.15) is 5.26 Å². The third-order valence-electron chi connectivity index (χ3n) is 4.94. The van der Waals surface area contributed by atoms with Gasteiger partial charge in [-0.15, -0.1) is 0 Å². The molecule has 0 radical (unpaired) electrons. The first kappa shape index (κ1) is 17.7. The van der Waals surface area contributed by atoms with Crippen LogP contribution in [0.15, 0.2) is 0 Å². The number of carbonyl (C=O) groups excluding carboxylic acids is 2. The van der Waals surface area contributed by atoms with E-state index in [4.69, 9.17) is 0 Å². The molecular weight excluding hydrogens is 292 g/mol. The van der Waals surface area contributed by atoms with Crippen molar-refractivity contribution in [1.29, 1.82) is 5.26 Å². The minimum absolute atomic E-state index is 0.0699. The molecule has 0 aromatic heterocycles. The molecule has 2 aliphatic rings. The van der Waals surface area contributed by atoms with Crippen molar-refractivity contribution in [2.24, 2.45) is 5.92 Å². The van der Waals surface area contributed by atoms with Crippen LogP contribution in [-0.2, 0) is 9.59 Å². The lowest BCUT2D eigenvalue weighted by Crippen LogP contribution is -2.57. The fourth-order valence-electron chi connectivity index (χ4n) is 3.61. The molecule has 0 saturated carbocycles. The van der Waals surface area contributed by atoms with Gasteiger partial charge in [-0.1, -0.05) is 20.8 Å². The van der Waals surface area contributed by atoms with Crippen LogP contribution in [0.1, 0.15) is 40.0 Å². The molecule has 0 N–H and O–H groups in total. The molecule has 0 unspecified atom stereocenters. The summed E-state index contributed by atoms with van der Waals surface area (Å²) in [5, 5.41) is 9.31. The number of nitrogens with zero attached hydrogens (tertiary/aromatic N) is 4. The topological polar surface area (TPSA) is 67.7 Å². The zero-order chi connectivity index (χ0) is 17.0. The average molecular weight is 320 g/mol. The van der Waals surface area contributed by atoms with Crippen LogP contribution in [0.4, 0.5) is 0 Å². The Balaban J connectivity index is 1.95. The monoisotopic (exact) mass is 320 g/mol. The summed E-state index contributed by atoms with van der Waals surface area (Å²) in [6, 6.07) is 1.97. The predicted molar refractivity (Wildman–Crippen MR) is 87.4 cm³/mol. The van der Waals surface area contributed by atoms with Gasteiger partial charge >= 0.3 is 0 Å². The molecule has 0 aliphatic carbocycles. The molecule has 2 rings (SSSR count). The Morgan fingerprint density at radius 3 is 2.30 bits per heavy atom. The minimum atomic E-state index is -0.312. The summed E-state index contributed by atoms with van der Waals surface area (Å²) < 4.78 is 0. The maximum absolute atomic E-state index is 12.8. The van der Waals surface area contributed by atoms with E-state index in [9.17, 15) is 14.9 Å². The third kappa shape index (κ3) is 3.84. The number of piperazine rings is 1. The van der Waals surface area contributed by atoms with Crippen molar-refractivity contribution in [1.82, 2.24) is 14.7 Å². The summed E-state index contributed by atoms with van der Waals surface area (Å²) >= 11 is 0. The van der Waals surface area contributed by atoms with Gasteiger partial charge < -0.3 is 9.80 Å². The Morgan fingerprint density at radius 2 is 1.87 bits per heavy atom. The van der Waals surface area contributed by atoms with Crippen molar-refractivity contribution < 1.29 is 9.59 Å². The van der Waals surface area contributed by atoms with E-state index in [0.717, 1.165) is 19.5 Å².